The second kappa shape index (κ2) is 3.53. The molecule has 2 aliphatic rings. The number of nitrogens with two attached hydrogens (primary N) is 1. The Kier molecular flexibility index (Phi) is 2.63. The van der Waals surface area contributed by atoms with Gasteiger partial charge in [-0.15, -0.1) is 12.4 Å². The quantitative estimate of drug-likeness (QED) is 0.657. The van der Waals surface area contributed by atoms with Crippen molar-refractivity contribution < 1.29 is 4.79 Å². The summed E-state index contributed by atoms with van der Waals surface area (Å²) in [5, 5.41) is 0. The third-order valence-electron chi connectivity index (χ3n) is 1.80. The predicted molar refractivity (Wildman–Crippen MR) is 53.2 cm³/mol. The Labute approximate surface area is 81.3 Å². The minimum absolute atomic E-state index is 0. The van der Waals surface area contributed by atoms with Gasteiger partial charge in [-0.3, -0.25) is 14.8 Å². The number of amides is 1. The van der Waals surface area contributed by atoms with Crippen LogP contribution in [0.2, 0.25) is 0 Å². The second-order valence-electron chi connectivity index (χ2n) is 2.60. The highest BCUT2D eigenvalue weighted by Gasteiger charge is 2.18. The smallest absolute Gasteiger partial charge is 0.263 e. The first-order valence-electron chi connectivity index (χ1n) is 3.57. The maximum atomic E-state index is 10.7. The molecule has 0 saturated carbocycles. The molecule has 0 saturated heterocycles. The molecule has 0 spiro atoms. The molecule has 0 radical (unpaired) electrons. The number of rotatable bonds is 1. The summed E-state index contributed by atoms with van der Waals surface area (Å²) >= 11 is 0. The number of carbonyl (C=O) groups is 1. The van der Waals surface area contributed by atoms with Crippen LogP contribution in [0.1, 0.15) is 6.42 Å². The molecule has 2 aliphatic heterocycles. The minimum Gasteiger partial charge on any atom is -0.365 e. The lowest BCUT2D eigenvalue weighted by Gasteiger charge is -2.08. The number of allylic oxidation sites excluding steroid dienone is 2. The highest BCUT2D eigenvalue weighted by molar-refractivity contribution is 6.39. The summed E-state index contributed by atoms with van der Waals surface area (Å²) in [6.45, 7) is 0. The number of primary amides is 1. The van der Waals surface area contributed by atoms with Crippen LogP contribution in [0.5, 0.6) is 0 Å². The van der Waals surface area contributed by atoms with E-state index in [0.29, 0.717) is 12.1 Å². The molecule has 5 heteroatoms. The zero-order valence-corrected chi connectivity index (χ0v) is 7.54. The van der Waals surface area contributed by atoms with Crippen LogP contribution in [0, 0.1) is 0 Å². The molecule has 0 unspecified atom stereocenters. The lowest BCUT2D eigenvalue weighted by molar-refractivity contribution is -0.112. The average Bonchev–Trinajstić information content (AvgIpc) is 2.49. The maximum absolute atomic E-state index is 10.7. The van der Waals surface area contributed by atoms with Crippen LogP contribution in [0.15, 0.2) is 33.5 Å². The number of carbonyl (C=O) groups excluding carboxylic acids is 1. The highest BCUT2D eigenvalue weighted by atomic mass is 35.5. The molecule has 68 valence electrons. The highest BCUT2D eigenvalue weighted by Crippen LogP contribution is 2.23. The standard InChI is InChI=1S/C8H7N3O.ClH/c9-8(12)6-3-5-1-2-10-7(5)4-11-6;/h1-2,4H,3H2,(H2,9,12);1H. The molecule has 4 nitrogen and oxygen atoms in total. The van der Waals surface area contributed by atoms with Crippen LogP contribution < -0.4 is 5.73 Å². The zero-order valence-electron chi connectivity index (χ0n) is 6.73. The van der Waals surface area contributed by atoms with E-state index in [1.165, 1.54) is 0 Å². The van der Waals surface area contributed by atoms with Gasteiger partial charge in [0.25, 0.3) is 5.91 Å². The van der Waals surface area contributed by atoms with E-state index >= 15 is 0 Å². The van der Waals surface area contributed by atoms with Crippen molar-refractivity contribution in [2.45, 2.75) is 6.42 Å². The van der Waals surface area contributed by atoms with Gasteiger partial charge in [-0.25, -0.2) is 0 Å². The lowest BCUT2D eigenvalue weighted by atomic mass is 10.0. The Balaban J connectivity index is 0.000000845. The molecule has 1 amide bonds. The third-order valence-corrected chi connectivity index (χ3v) is 1.80. The summed E-state index contributed by atoms with van der Waals surface area (Å²) < 4.78 is 0. The first kappa shape index (κ1) is 9.67. The maximum Gasteiger partial charge on any atom is 0.263 e. The van der Waals surface area contributed by atoms with Crippen molar-refractivity contribution in [1.29, 1.82) is 0 Å². The van der Waals surface area contributed by atoms with Crippen molar-refractivity contribution in [3.8, 4) is 0 Å². The Morgan fingerprint density at radius 2 is 2.31 bits per heavy atom. The Bertz CT molecular complexity index is 366. The van der Waals surface area contributed by atoms with Gasteiger partial charge in [-0.1, -0.05) is 0 Å². The third kappa shape index (κ3) is 1.67. The Morgan fingerprint density at radius 3 is 3.00 bits per heavy atom. The number of nitrogens with zero attached hydrogens (tertiary/aromatic N) is 2. The van der Waals surface area contributed by atoms with Gasteiger partial charge in [0.2, 0.25) is 0 Å². The van der Waals surface area contributed by atoms with Gasteiger partial charge in [0.05, 0.1) is 11.9 Å². The van der Waals surface area contributed by atoms with Crippen molar-refractivity contribution in [3.05, 3.63) is 23.5 Å². The largest absolute Gasteiger partial charge is 0.365 e. The van der Waals surface area contributed by atoms with E-state index in [9.17, 15) is 4.79 Å². The molecule has 0 aliphatic carbocycles. The first-order chi connectivity index (χ1) is 5.77. The van der Waals surface area contributed by atoms with Crippen LogP contribution in [0.25, 0.3) is 0 Å². The van der Waals surface area contributed by atoms with Crippen molar-refractivity contribution in [1.82, 2.24) is 0 Å². The molecule has 2 heterocycles. The first-order valence-corrected chi connectivity index (χ1v) is 3.57. The van der Waals surface area contributed by atoms with E-state index in [-0.39, 0.29) is 12.4 Å². The average molecular weight is 198 g/mol. The molecule has 2 N–H and O–H groups in total. The fraction of sp³-hybridized carbons (Fsp3) is 0.125. The molecule has 13 heavy (non-hydrogen) atoms. The van der Waals surface area contributed by atoms with Crippen LogP contribution in [-0.4, -0.2) is 17.8 Å². The number of hydrogen-bond donors (Lipinski definition) is 1. The van der Waals surface area contributed by atoms with Crippen LogP contribution in [0.3, 0.4) is 0 Å². The predicted octanol–water partition coefficient (Wildman–Crippen LogP) is 0.590. The van der Waals surface area contributed by atoms with E-state index in [0.717, 1.165) is 11.3 Å². The van der Waals surface area contributed by atoms with Crippen LogP contribution in [-0.2, 0) is 4.79 Å². The molecule has 0 atom stereocenters. The van der Waals surface area contributed by atoms with E-state index in [4.69, 9.17) is 5.73 Å². The van der Waals surface area contributed by atoms with Gasteiger partial charge in [-0.2, -0.15) is 0 Å². The van der Waals surface area contributed by atoms with Crippen LogP contribution in [0.4, 0.5) is 0 Å². The fourth-order valence-electron chi connectivity index (χ4n) is 1.16. The molecule has 0 fully saturated rings. The summed E-state index contributed by atoms with van der Waals surface area (Å²) in [7, 11) is 0. The summed E-state index contributed by atoms with van der Waals surface area (Å²) in [4.78, 5) is 18.7. The fourth-order valence-corrected chi connectivity index (χ4v) is 1.16. The number of aliphatic imine (C=N–C) groups is 2. The van der Waals surface area contributed by atoms with Gasteiger partial charge in [0, 0.05) is 12.6 Å². The van der Waals surface area contributed by atoms with Gasteiger partial charge in [-0.05, 0) is 11.6 Å². The summed E-state index contributed by atoms with van der Waals surface area (Å²) in [6.07, 6.45) is 5.63. The molecule has 2 rings (SSSR count). The summed E-state index contributed by atoms with van der Waals surface area (Å²) in [5.41, 5.74) is 7.33. The SMILES string of the molecule is Cl.NC(=O)C1=NC=C2N=CC=C2C1. The van der Waals surface area contributed by atoms with Crippen molar-refractivity contribution in [2.24, 2.45) is 15.7 Å². The topological polar surface area (TPSA) is 67.8 Å². The van der Waals surface area contributed by atoms with Crippen LogP contribution >= 0.6 is 12.4 Å². The monoisotopic (exact) mass is 197 g/mol. The molecule has 0 aromatic rings. The summed E-state index contributed by atoms with van der Waals surface area (Å²) in [5.74, 6) is -0.460. The molecular formula is C8H8ClN3O. The molecular weight excluding hydrogens is 190 g/mol. The minimum atomic E-state index is -0.460. The normalized spacial score (nSPS) is 18.0. The molecule has 0 bridgehead atoms. The number of fused-ring (bicyclic) bond motifs is 1. The number of hydrogen-bond acceptors (Lipinski definition) is 3. The van der Waals surface area contributed by atoms with Crippen molar-refractivity contribution in [3.63, 3.8) is 0 Å². The van der Waals surface area contributed by atoms with E-state index in [1.807, 2.05) is 6.08 Å². The second-order valence-corrected chi connectivity index (χ2v) is 2.60. The van der Waals surface area contributed by atoms with E-state index in [1.54, 1.807) is 12.4 Å². The molecule has 0 aromatic heterocycles. The number of halogens is 1. The Morgan fingerprint density at radius 1 is 1.54 bits per heavy atom. The van der Waals surface area contributed by atoms with Gasteiger partial charge in [0.1, 0.15) is 5.71 Å². The summed E-state index contributed by atoms with van der Waals surface area (Å²) in [6, 6.07) is 0. The van der Waals surface area contributed by atoms with Crippen molar-refractivity contribution in [2.75, 3.05) is 0 Å². The Hall–Kier alpha value is -1.42. The zero-order chi connectivity index (χ0) is 8.55. The van der Waals surface area contributed by atoms with E-state index in [2.05, 4.69) is 9.98 Å². The van der Waals surface area contributed by atoms with E-state index < -0.39 is 5.91 Å². The van der Waals surface area contributed by atoms with Gasteiger partial charge in [0.15, 0.2) is 0 Å². The van der Waals surface area contributed by atoms with Gasteiger partial charge >= 0.3 is 0 Å². The molecule has 0 aromatic carbocycles. The van der Waals surface area contributed by atoms with Gasteiger partial charge < -0.3 is 5.73 Å². The van der Waals surface area contributed by atoms with Crippen molar-refractivity contribution >= 4 is 30.2 Å². The lowest BCUT2D eigenvalue weighted by Crippen LogP contribution is -2.24.